The standard InChI is InChI=1S/C3H10OSi.C2H6O.2H2O.Zr/c1-5(2,3)4;1-2-3;;;/h4H,1-3H3;3H,2H2,1H3;2*1H2;. The van der Waals surface area contributed by atoms with Crippen LogP contribution in [0.3, 0.4) is 0 Å². The van der Waals surface area contributed by atoms with E-state index < -0.39 is 8.32 Å². The van der Waals surface area contributed by atoms with E-state index in [1.807, 2.05) is 19.6 Å². The van der Waals surface area contributed by atoms with Gasteiger partial charge in [-0.3, -0.25) is 0 Å². The second-order valence-electron chi connectivity index (χ2n) is 2.49. The first kappa shape index (κ1) is 29.7. The maximum absolute atomic E-state index is 8.66. The fourth-order valence-corrected chi connectivity index (χ4v) is 0. The van der Waals surface area contributed by atoms with Gasteiger partial charge in [0.1, 0.15) is 0 Å². The van der Waals surface area contributed by atoms with E-state index in [1.54, 1.807) is 6.92 Å². The number of hydrogen-bond acceptors (Lipinski definition) is 2. The van der Waals surface area contributed by atoms with Crippen molar-refractivity contribution in [3.05, 3.63) is 0 Å². The zero-order valence-corrected chi connectivity index (χ0v) is 11.1. The monoisotopic (exact) mass is 262 g/mol. The first-order valence-corrected chi connectivity index (χ1v) is 6.19. The first-order valence-electron chi connectivity index (χ1n) is 2.75. The summed E-state index contributed by atoms with van der Waals surface area (Å²) in [5.74, 6) is 0. The van der Waals surface area contributed by atoms with Crippen molar-refractivity contribution in [2.24, 2.45) is 0 Å². The second-order valence-corrected chi connectivity index (χ2v) is 6.83. The van der Waals surface area contributed by atoms with Crippen molar-refractivity contribution in [2.75, 3.05) is 6.61 Å². The average molecular weight is 264 g/mol. The summed E-state index contributed by atoms with van der Waals surface area (Å²) in [7, 11) is -1.61. The van der Waals surface area contributed by atoms with Gasteiger partial charge >= 0.3 is 0 Å². The normalized spacial score (nSPS) is 7.09. The van der Waals surface area contributed by atoms with Crippen LogP contribution in [0.15, 0.2) is 0 Å². The van der Waals surface area contributed by atoms with Crippen LogP contribution < -0.4 is 0 Å². The summed E-state index contributed by atoms with van der Waals surface area (Å²) in [6, 6.07) is 0. The van der Waals surface area contributed by atoms with Gasteiger partial charge in [0.2, 0.25) is 0 Å². The van der Waals surface area contributed by atoms with Gasteiger partial charge in [-0.25, -0.2) is 0 Å². The van der Waals surface area contributed by atoms with Crippen molar-refractivity contribution in [1.82, 2.24) is 0 Å². The minimum absolute atomic E-state index is 0. The van der Waals surface area contributed by atoms with Crippen LogP contribution in [-0.4, -0.2) is 35.8 Å². The Kier molecular flexibility index (Phi) is 46.2. The molecular formula is C5H20O4SiZr. The van der Waals surface area contributed by atoms with Crippen molar-refractivity contribution in [1.29, 1.82) is 0 Å². The molecule has 0 aliphatic carbocycles. The molecule has 6 heteroatoms. The third-order valence-corrected chi connectivity index (χ3v) is 0. The fraction of sp³-hybridized carbons (Fsp3) is 1.00. The quantitative estimate of drug-likeness (QED) is 0.556. The van der Waals surface area contributed by atoms with Crippen molar-refractivity contribution >= 4 is 8.32 Å². The maximum atomic E-state index is 8.66. The SMILES string of the molecule is CCO.C[Si](C)(C)O.O.O.[Zr]. The van der Waals surface area contributed by atoms with Gasteiger partial charge in [0, 0.05) is 32.8 Å². The third-order valence-electron chi connectivity index (χ3n) is 0. The molecule has 0 unspecified atom stereocenters. The van der Waals surface area contributed by atoms with Crippen molar-refractivity contribution in [3.8, 4) is 0 Å². The summed E-state index contributed by atoms with van der Waals surface area (Å²) in [6.07, 6.45) is 0. The van der Waals surface area contributed by atoms with Gasteiger partial charge in [-0.2, -0.15) is 0 Å². The molecule has 0 aliphatic heterocycles. The molecule has 0 amide bonds. The van der Waals surface area contributed by atoms with E-state index in [1.165, 1.54) is 0 Å². The molecule has 72 valence electrons. The number of aliphatic hydroxyl groups is 1. The largest absolute Gasteiger partial charge is 0.433 e. The Hall–Kier alpha value is 0.940. The molecule has 0 atom stereocenters. The Balaban J connectivity index is -0.0000000183. The predicted molar refractivity (Wildman–Crippen MR) is 45.6 cm³/mol. The molecule has 0 aromatic heterocycles. The van der Waals surface area contributed by atoms with E-state index in [4.69, 9.17) is 9.90 Å². The molecule has 0 heterocycles. The molecule has 0 fully saturated rings. The van der Waals surface area contributed by atoms with E-state index in [0.717, 1.165) is 0 Å². The van der Waals surface area contributed by atoms with E-state index in [0.29, 0.717) is 0 Å². The number of aliphatic hydroxyl groups excluding tert-OH is 1. The van der Waals surface area contributed by atoms with Crippen LogP contribution in [-0.2, 0) is 26.2 Å². The van der Waals surface area contributed by atoms with Gasteiger partial charge in [0.25, 0.3) is 0 Å². The summed E-state index contributed by atoms with van der Waals surface area (Å²) < 4.78 is 0. The molecule has 0 saturated heterocycles. The minimum atomic E-state index is -1.61. The topological polar surface area (TPSA) is 103 Å². The van der Waals surface area contributed by atoms with E-state index in [9.17, 15) is 0 Å². The van der Waals surface area contributed by atoms with Crippen LogP contribution in [0.25, 0.3) is 0 Å². The van der Waals surface area contributed by atoms with Crippen molar-refractivity contribution in [2.45, 2.75) is 26.6 Å². The Morgan fingerprint density at radius 3 is 1.09 bits per heavy atom. The molecule has 0 rings (SSSR count). The van der Waals surface area contributed by atoms with Gasteiger partial charge in [-0.05, 0) is 26.6 Å². The van der Waals surface area contributed by atoms with Crippen molar-refractivity contribution < 1.29 is 47.1 Å². The maximum Gasteiger partial charge on any atom is 0.179 e. The zero-order chi connectivity index (χ0) is 7.21. The van der Waals surface area contributed by atoms with Crippen LogP contribution in [0, 0.1) is 0 Å². The molecule has 0 aromatic carbocycles. The van der Waals surface area contributed by atoms with E-state index in [-0.39, 0.29) is 43.8 Å². The van der Waals surface area contributed by atoms with Crippen molar-refractivity contribution in [3.63, 3.8) is 0 Å². The summed E-state index contributed by atoms with van der Waals surface area (Å²) in [4.78, 5) is 8.66. The first-order chi connectivity index (χ1) is 3.41. The zero-order valence-electron chi connectivity index (χ0n) is 7.60. The molecule has 11 heavy (non-hydrogen) atoms. The molecule has 0 radical (unpaired) electrons. The fourth-order valence-electron chi connectivity index (χ4n) is 0. The molecule has 0 spiro atoms. The molecular weight excluding hydrogens is 243 g/mol. The predicted octanol–water partition coefficient (Wildman–Crippen LogP) is -0.840. The number of rotatable bonds is 0. The van der Waals surface area contributed by atoms with E-state index >= 15 is 0 Å². The van der Waals surface area contributed by atoms with Crippen LogP contribution in [0.4, 0.5) is 0 Å². The summed E-state index contributed by atoms with van der Waals surface area (Å²) >= 11 is 0. The third kappa shape index (κ3) is 990. The van der Waals surface area contributed by atoms with Gasteiger partial charge in [0.05, 0.1) is 0 Å². The Bertz CT molecular complexity index is 42.2. The molecule has 0 aromatic rings. The van der Waals surface area contributed by atoms with Gasteiger partial charge in [0.15, 0.2) is 8.32 Å². The Labute approximate surface area is 88.5 Å². The second kappa shape index (κ2) is 17.1. The molecule has 4 nitrogen and oxygen atoms in total. The van der Waals surface area contributed by atoms with Gasteiger partial charge < -0.3 is 20.9 Å². The Morgan fingerprint density at radius 2 is 1.09 bits per heavy atom. The van der Waals surface area contributed by atoms with Gasteiger partial charge in [-0.15, -0.1) is 0 Å². The summed E-state index contributed by atoms with van der Waals surface area (Å²) in [5, 5.41) is 7.57. The summed E-state index contributed by atoms with van der Waals surface area (Å²) in [5.41, 5.74) is 0. The van der Waals surface area contributed by atoms with Crippen LogP contribution in [0.2, 0.25) is 19.6 Å². The molecule has 0 saturated carbocycles. The minimum Gasteiger partial charge on any atom is -0.433 e. The molecule has 0 bridgehead atoms. The molecule has 0 aliphatic rings. The molecule has 6 N–H and O–H groups in total. The van der Waals surface area contributed by atoms with Crippen LogP contribution in [0.5, 0.6) is 0 Å². The Morgan fingerprint density at radius 1 is 1.09 bits per heavy atom. The number of hydrogen-bond donors (Lipinski definition) is 2. The van der Waals surface area contributed by atoms with E-state index in [2.05, 4.69) is 0 Å². The summed E-state index contributed by atoms with van der Waals surface area (Å²) in [6.45, 7) is 7.58. The van der Waals surface area contributed by atoms with Gasteiger partial charge in [-0.1, -0.05) is 0 Å². The smallest absolute Gasteiger partial charge is 0.179 e. The van der Waals surface area contributed by atoms with Crippen LogP contribution >= 0.6 is 0 Å². The van der Waals surface area contributed by atoms with Crippen LogP contribution in [0.1, 0.15) is 6.92 Å². The average Bonchev–Trinajstić information content (AvgIpc) is 1.27.